The van der Waals surface area contributed by atoms with Gasteiger partial charge in [-0.2, -0.15) is 0 Å². The number of aliphatic hydroxyl groups excluding tert-OH is 1. The van der Waals surface area contributed by atoms with Crippen LogP contribution in [0.15, 0.2) is 24.3 Å². The van der Waals surface area contributed by atoms with E-state index in [0.717, 1.165) is 42.9 Å². The molecule has 1 aromatic carbocycles. The van der Waals surface area contributed by atoms with Crippen molar-refractivity contribution in [3.63, 3.8) is 0 Å². The lowest BCUT2D eigenvalue weighted by atomic mass is 9.74. The number of hydrogen-bond acceptors (Lipinski definition) is 3. The average molecular weight is 278 g/mol. The highest BCUT2D eigenvalue weighted by atomic mass is 16.5. The van der Waals surface area contributed by atoms with E-state index in [1.54, 1.807) is 7.11 Å². The van der Waals surface area contributed by atoms with Crippen molar-refractivity contribution in [2.75, 3.05) is 13.7 Å². The van der Waals surface area contributed by atoms with Gasteiger partial charge in [0.2, 0.25) is 0 Å². The topological polar surface area (TPSA) is 38.7 Å². The fraction of sp³-hybridized carbons (Fsp3) is 0.647. The lowest BCUT2D eigenvalue weighted by molar-refractivity contribution is -0.130. The molecule has 0 radical (unpaired) electrons. The standard InChI is InChI=1S/C17H26O3/c1-4-20-15-7-5-14(6-8-15)16(18)17(19-3)11-9-13(2)10-12-17/h5-8,13,16,18H,4,9-12H2,1-3H3. The molecule has 0 saturated heterocycles. The molecule has 3 nitrogen and oxygen atoms in total. The Balaban J connectivity index is 2.13. The van der Waals surface area contributed by atoms with Crippen LogP contribution < -0.4 is 4.74 Å². The first-order valence-corrected chi connectivity index (χ1v) is 7.57. The Morgan fingerprint density at radius 2 is 1.85 bits per heavy atom. The van der Waals surface area contributed by atoms with E-state index < -0.39 is 11.7 Å². The molecule has 1 atom stereocenters. The van der Waals surface area contributed by atoms with Gasteiger partial charge in [0.15, 0.2) is 0 Å². The van der Waals surface area contributed by atoms with E-state index in [2.05, 4.69) is 6.92 Å². The minimum Gasteiger partial charge on any atom is -0.494 e. The molecule has 112 valence electrons. The molecule has 2 rings (SSSR count). The molecule has 1 N–H and O–H groups in total. The van der Waals surface area contributed by atoms with Crippen molar-refractivity contribution in [1.29, 1.82) is 0 Å². The van der Waals surface area contributed by atoms with Crippen LogP contribution in [0.4, 0.5) is 0 Å². The summed E-state index contributed by atoms with van der Waals surface area (Å²) in [7, 11) is 1.72. The molecule has 1 saturated carbocycles. The fourth-order valence-corrected chi connectivity index (χ4v) is 3.06. The summed E-state index contributed by atoms with van der Waals surface area (Å²) in [4.78, 5) is 0. The Morgan fingerprint density at radius 3 is 2.35 bits per heavy atom. The molecule has 1 aliphatic rings. The monoisotopic (exact) mass is 278 g/mol. The van der Waals surface area contributed by atoms with Crippen molar-refractivity contribution < 1.29 is 14.6 Å². The smallest absolute Gasteiger partial charge is 0.119 e. The third-order valence-electron chi connectivity index (χ3n) is 4.53. The van der Waals surface area contributed by atoms with Crippen LogP contribution in [0.25, 0.3) is 0 Å². The van der Waals surface area contributed by atoms with E-state index in [-0.39, 0.29) is 0 Å². The Morgan fingerprint density at radius 1 is 1.25 bits per heavy atom. The Kier molecular flexibility index (Phi) is 5.06. The van der Waals surface area contributed by atoms with Crippen LogP contribution in [-0.2, 0) is 4.74 Å². The first-order valence-electron chi connectivity index (χ1n) is 7.57. The van der Waals surface area contributed by atoms with Gasteiger partial charge in [-0.1, -0.05) is 19.1 Å². The lowest BCUT2D eigenvalue weighted by Gasteiger charge is -2.41. The third kappa shape index (κ3) is 3.15. The lowest BCUT2D eigenvalue weighted by Crippen LogP contribution is -2.41. The molecule has 3 heteroatoms. The van der Waals surface area contributed by atoms with Gasteiger partial charge < -0.3 is 14.6 Å². The number of hydrogen-bond donors (Lipinski definition) is 1. The van der Waals surface area contributed by atoms with Gasteiger partial charge in [0.25, 0.3) is 0 Å². The largest absolute Gasteiger partial charge is 0.494 e. The molecule has 0 spiro atoms. The van der Waals surface area contributed by atoms with Crippen molar-refractivity contribution in [3.05, 3.63) is 29.8 Å². The van der Waals surface area contributed by atoms with Crippen LogP contribution in [0.1, 0.15) is 51.2 Å². The summed E-state index contributed by atoms with van der Waals surface area (Å²) < 4.78 is 11.2. The van der Waals surface area contributed by atoms with Crippen molar-refractivity contribution in [2.45, 2.75) is 51.2 Å². The molecule has 0 amide bonds. The minimum atomic E-state index is -0.573. The van der Waals surface area contributed by atoms with Gasteiger partial charge in [0.05, 0.1) is 12.2 Å². The maximum atomic E-state index is 10.7. The summed E-state index contributed by atoms with van der Waals surface area (Å²) in [6, 6.07) is 7.71. The molecular formula is C17H26O3. The van der Waals surface area contributed by atoms with Crippen LogP contribution >= 0.6 is 0 Å². The molecule has 1 aliphatic carbocycles. The van der Waals surface area contributed by atoms with Crippen molar-refractivity contribution in [1.82, 2.24) is 0 Å². The highest BCUT2D eigenvalue weighted by molar-refractivity contribution is 5.30. The first kappa shape index (κ1) is 15.3. The molecule has 1 fully saturated rings. The van der Waals surface area contributed by atoms with E-state index in [1.807, 2.05) is 31.2 Å². The Hall–Kier alpha value is -1.06. The zero-order valence-corrected chi connectivity index (χ0v) is 12.8. The average Bonchev–Trinajstić information content (AvgIpc) is 2.49. The highest BCUT2D eigenvalue weighted by Gasteiger charge is 2.41. The normalized spacial score (nSPS) is 28.1. The summed E-state index contributed by atoms with van der Waals surface area (Å²) in [5.74, 6) is 1.57. The summed E-state index contributed by atoms with van der Waals surface area (Å²) >= 11 is 0. The van der Waals surface area contributed by atoms with Crippen LogP contribution in [0.2, 0.25) is 0 Å². The second kappa shape index (κ2) is 6.59. The van der Waals surface area contributed by atoms with E-state index in [1.165, 1.54) is 0 Å². The van der Waals surface area contributed by atoms with Gasteiger partial charge in [-0.05, 0) is 56.2 Å². The summed E-state index contributed by atoms with van der Waals surface area (Å²) in [6.07, 6.45) is 3.48. The predicted octanol–water partition coefficient (Wildman–Crippen LogP) is 3.71. The van der Waals surface area contributed by atoms with Gasteiger partial charge >= 0.3 is 0 Å². The minimum absolute atomic E-state index is 0.431. The molecular weight excluding hydrogens is 252 g/mol. The van der Waals surface area contributed by atoms with Crippen LogP contribution in [-0.4, -0.2) is 24.4 Å². The quantitative estimate of drug-likeness (QED) is 0.892. The van der Waals surface area contributed by atoms with Crippen LogP contribution in [0, 0.1) is 5.92 Å². The van der Waals surface area contributed by atoms with Crippen molar-refractivity contribution in [2.24, 2.45) is 5.92 Å². The van der Waals surface area contributed by atoms with Crippen molar-refractivity contribution >= 4 is 0 Å². The van der Waals surface area contributed by atoms with Gasteiger partial charge in [-0.3, -0.25) is 0 Å². The molecule has 0 aliphatic heterocycles. The third-order valence-corrected chi connectivity index (χ3v) is 4.53. The molecule has 0 aromatic heterocycles. The van der Waals surface area contributed by atoms with Gasteiger partial charge in [0, 0.05) is 7.11 Å². The molecule has 1 aromatic rings. The van der Waals surface area contributed by atoms with E-state index >= 15 is 0 Å². The van der Waals surface area contributed by atoms with Crippen molar-refractivity contribution in [3.8, 4) is 5.75 Å². The number of ether oxygens (including phenoxy) is 2. The molecule has 0 heterocycles. The number of aliphatic hydroxyl groups is 1. The van der Waals surface area contributed by atoms with Crippen LogP contribution in [0.5, 0.6) is 5.75 Å². The molecule has 1 unspecified atom stereocenters. The number of rotatable bonds is 5. The van der Waals surface area contributed by atoms with Gasteiger partial charge in [-0.15, -0.1) is 0 Å². The second-order valence-electron chi connectivity index (χ2n) is 5.86. The number of methoxy groups -OCH3 is 1. The van der Waals surface area contributed by atoms with E-state index in [0.29, 0.717) is 6.61 Å². The second-order valence-corrected chi connectivity index (χ2v) is 5.86. The maximum Gasteiger partial charge on any atom is 0.119 e. The summed E-state index contributed by atoms with van der Waals surface area (Å²) in [5.41, 5.74) is 0.476. The molecule has 0 bridgehead atoms. The maximum absolute atomic E-state index is 10.7. The SMILES string of the molecule is CCOc1ccc(C(O)C2(OC)CCC(C)CC2)cc1. The highest BCUT2D eigenvalue weighted by Crippen LogP contribution is 2.42. The number of benzene rings is 1. The fourth-order valence-electron chi connectivity index (χ4n) is 3.06. The molecule has 20 heavy (non-hydrogen) atoms. The first-order chi connectivity index (χ1) is 9.61. The van der Waals surface area contributed by atoms with Crippen LogP contribution in [0.3, 0.4) is 0 Å². The van der Waals surface area contributed by atoms with E-state index in [9.17, 15) is 5.11 Å². The zero-order chi connectivity index (χ0) is 14.6. The zero-order valence-electron chi connectivity index (χ0n) is 12.8. The predicted molar refractivity (Wildman–Crippen MR) is 79.9 cm³/mol. The van der Waals surface area contributed by atoms with Gasteiger partial charge in [-0.25, -0.2) is 0 Å². The van der Waals surface area contributed by atoms with Gasteiger partial charge in [0.1, 0.15) is 11.9 Å². The Labute approximate surface area is 121 Å². The Bertz CT molecular complexity index is 405. The summed E-state index contributed by atoms with van der Waals surface area (Å²) in [5, 5.41) is 10.7. The summed E-state index contributed by atoms with van der Waals surface area (Å²) in [6.45, 7) is 4.89. The van der Waals surface area contributed by atoms with E-state index in [4.69, 9.17) is 9.47 Å².